The molecule has 0 aliphatic carbocycles. The van der Waals surface area contributed by atoms with E-state index in [9.17, 15) is 4.79 Å². The fourth-order valence-corrected chi connectivity index (χ4v) is 2.07. The Labute approximate surface area is 58.6 Å². The highest BCUT2D eigenvalue weighted by Gasteiger charge is 2.19. The molecule has 1 fully saturated rings. The van der Waals surface area contributed by atoms with Gasteiger partial charge in [-0.2, -0.15) is 0 Å². The molecule has 0 bridgehead atoms. The van der Waals surface area contributed by atoms with Crippen LogP contribution in [0.2, 0.25) is 0 Å². The SMILES string of the molecule is O=C(O)[C@H]1CCCCS1. The molecule has 0 aromatic heterocycles. The Hall–Kier alpha value is -0.180. The summed E-state index contributed by atoms with van der Waals surface area (Å²) in [6.45, 7) is 0. The number of hydrogen-bond donors (Lipinski definition) is 1. The first-order valence-corrected chi connectivity index (χ1v) is 4.20. The van der Waals surface area contributed by atoms with Crippen LogP contribution in [0.4, 0.5) is 0 Å². The minimum absolute atomic E-state index is 0.112. The molecule has 9 heavy (non-hydrogen) atoms. The van der Waals surface area contributed by atoms with E-state index in [4.69, 9.17) is 5.11 Å². The predicted octanol–water partition coefficient (Wildman–Crippen LogP) is 1.36. The number of rotatable bonds is 1. The van der Waals surface area contributed by atoms with Gasteiger partial charge in [0.25, 0.3) is 0 Å². The van der Waals surface area contributed by atoms with Crippen molar-refractivity contribution in [2.75, 3.05) is 5.75 Å². The summed E-state index contributed by atoms with van der Waals surface area (Å²) in [5, 5.41) is 8.41. The molecule has 1 aliphatic heterocycles. The summed E-state index contributed by atoms with van der Waals surface area (Å²) >= 11 is 1.57. The number of carboxylic acid groups (broad SMARTS) is 1. The summed E-state index contributed by atoms with van der Waals surface area (Å²) in [5.41, 5.74) is 0. The summed E-state index contributed by atoms with van der Waals surface area (Å²) in [5.74, 6) is 0.386. The Balaban J connectivity index is 2.31. The molecule has 0 unspecified atom stereocenters. The molecule has 3 heteroatoms. The van der Waals surface area contributed by atoms with Gasteiger partial charge < -0.3 is 5.11 Å². The first kappa shape index (κ1) is 6.93. The lowest BCUT2D eigenvalue weighted by atomic mass is 10.2. The summed E-state index contributed by atoms with van der Waals surface area (Å²) in [7, 11) is 0. The third kappa shape index (κ3) is 1.90. The van der Waals surface area contributed by atoms with Crippen LogP contribution in [0.25, 0.3) is 0 Å². The average molecular weight is 146 g/mol. The van der Waals surface area contributed by atoms with Crippen molar-refractivity contribution >= 4 is 17.7 Å². The van der Waals surface area contributed by atoms with Gasteiger partial charge >= 0.3 is 5.97 Å². The van der Waals surface area contributed by atoms with E-state index in [0.29, 0.717) is 0 Å². The second-order valence-corrected chi connectivity index (χ2v) is 3.50. The fourth-order valence-electron chi connectivity index (χ4n) is 0.935. The topological polar surface area (TPSA) is 37.3 Å². The Kier molecular flexibility index (Phi) is 2.39. The Morgan fingerprint density at radius 3 is 2.67 bits per heavy atom. The molecule has 0 amide bonds. The molecule has 1 N–H and O–H groups in total. The first-order chi connectivity index (χ1) is 4.30. The standard InChI is InChI=1S/C6H10O2S/c7-6(8)5-3-1-2-4-9-5/h5H,1-4H2,(H,7,8)/t5-/m1/s1. The molecule has 0 saturated carbocycles. The highest BCUT2D eigenvalue weighted by Crippen LogP contribution is 2.24. The molecule has 0 radical (unpaired) electrons. The largest absolute Gasteiger partial charge is 0.480 e. The van der Waals surface area contributed by atoms with E-state index in [1.165, 1.54) is 6.42 Å². The van der Waals surface area contributed by atoms with E-state index < -0.39 is 5.97 Å². The van der Waals surface area contributed by atoms with Crippen LogP contribution >= 0.6 is 11.8 Å². The minimum Gasteiger partial charge on any atom is -0.480 e. The highest BCUT2D eigenvalue weighted by atomic mass is 32.2. The highest BCUT2D eigenvalue weighted by molar-refractivity contribution is 8.00. The Morgan fingerprint density at radius 1 is 1.56 bits per heavy atom. The zero-order valence-corrected chi connectivity index (χ0v) is 5.99. The number of carboxylic acids is 1. The lowest BCUT2D eigenvalue weighted by Crippen LogP contribution is -2.19. The molecule has 1 heterocycles. The minimum atomic E-state index is -0.639. The van der Waals surface area contributed by atoms with Crippen LogP contribution in [0.15, 0.2) is 0 Å². The maximum atomic E-state index is 10.3. The Bertz CT molecular complexity index is 108. The van der Waals surface area contributed by atoms with E-state index in [2.05, 4.69) is 0 Å². The molecule has 52 valence electrons. The second-order valence-electron chi connectivity index (χ2n) is 2.19. The van der Waals surface area contributed by atoms with E-state index >= 15 is 0 Å². The van der Waals surface area contributed by atoms with Gasteiger partial charge in [0.2, 0.25) is 0 Å². The normalized spacial score (nSPS) is 27.8. The smallest absolute Gasteiger partial charge is 0.316 e. The molecule has 0 aromatic rings. The van der Waals surface area contributed by atoms with Crippen molar-refractivity contribution in [3.63, 3.8) is 0 Å². The fraction of sp³-hybridized carbons (Fsp3) is 0.833. The zero-order valence-electron chi connectivity index (χ0n) is 5.17. The summed E-state index contributed by atoms with van der Waals surface area (Å²) in [6.07, 6.45) is 3.14. The summed E-state index contributed by atoms with van der Waals surface area (Å²) in [4.78, 5) is 10.3. The van der Waals surface area contributed by atoms with Crippen molar-refractivity contribution < 1.29 is 9.90 Å². The van der Waals surface area contributed by atoms with Gasteiger partial charge in [0.05, 0.1) is 0 Å². The molecule has 0 aromatic carbocycles. The van der Waals surface area contributed by atoms with Gasteiger partial charge in [-0.3, -0.25) is 4.79 Å². The molecule has 0 spiro atoms. The third-order valence-electron chi connectivity index (χ3n) is 1.46. The molecular formula is C6H10O2S. The molecule has 1 aliphatic rings. The number of aliphatic carboxylic acids is 1. The Morgan fingerprint density at radius 2 is 2.33 bits per heavy atom. The third-order valence-corrected chi connectivity index (χ3v) is 2.82. The van der Waals surface area contributed by atoms with E-state index in [0.717, 1.165) is 18.6 Å². The van der Waals surface area contributed by atoms with Crippen LogP contribution in [0, 0.1) is 0 Å². The second kappa shape index (κ2) is 3.11. The summed E-state index contributed by atoms with van der Waals surface area (Å²) < 4.78 is 0. The zero-order chi connectivity index (χ0) is 6.69. The van der Waals surface area contributed by atoms with Gasteiger partial charge in [0.15, 0.2) is 0 Å². The lowest BCUT2D eigenvalue weighted by Gasteiger charge is -2.16. The van der Waals surface area contributed by atoms with Gasteiger partial charge in [-0.05, 0) is 18.6 Å². The van der Waals surface area contributed by atoms with E-state index in [1.54, 1.807) is 11.8 Å². The average Bonchev–Trinajstić information content (AvgIpc) is 1.90. The van der Waals surface area contributed by atoms with Crippen LogP contribution in [0.3, 0.4) is 0 Å². The van der Waals surface area contributed by atoms with Gasteiger partial charge in [-0.25, -0.2) is 0 Å². The van der Waals surface area contributed by atoms with Gasteiger partial charge in [-0.15, -0.1) is 11.8 Å². The monoisotopic (exact) mass is 146 g/mol. The van der Waals surface area contributed by atoms with Crippen LogP contribution in [-0.4, -0.2) is 22.1 Å². The maximum Gasteiger partial charge on any atom is 0.316 e. The van der Waals surface area contributed by atoms with Gasteiger partial charge in [0.1, 0.15) is 5.25 Å². The first-order valence-electron chi connectivity index (χ1n) is 3.15. The van der Waals surface area contributed by atoms with Crippen LogP contribution in [-0.2, 0) is 4.79 Å². The van der Waals surface area contributed by atoms with Crippen molar-refractivity contribution in [3.8, 4) is 0 Å². The molecule has 2 nitrogen and oxygen atoms in total. The van der Waals surface area contributed by atoms with E-state index in [-0.39, 0.29) is 5.25 Å². The van der Waals surface area contributed by atoms with Gasteiger partial charge in [-0.1, -0.05) is 6.42 Å². The van der Waals surface area contributed by atoms with Gasteiger partial charge in [0, 0.05) is 0 Å². The van der Waals surface area contributed by atoms with Crippen molar-refractivity contribution in [2.24, 2.45) is 0 Å². The quantitative estimate of drug-likeness (QED) is 0.607. The lowest BCUT2D eigenvalue weighted by molar-refractivity contribution is -0.136. The predicted molar refractivity (Wildman–Crippen MR) is 37.7 cm³/mol. The number of hydrogen-bond acceptors (Lipinski definition) is 2. The molecular weight excluding hydrogens is 136 g/mol. The summed E-state index contributed by atoms with van der Waals surface area (Å²) in [6, 6.07) is 0. The van der Waals surface area contributed by atoms with Crippen LogP contribution in [0.5, 0.6) is 0 Å². The van der Waals surface area contributed by atoms with Crippen molar-refractivity contribution in [2.45, 2.75) is 24.5 Å². The van der Waals surface area contributed by atoms with Crippen molar-refractivity contribution in [1.29, 1.82) is 0 Å². The molecule has 1 atom stereocenters. The number of thioether (sulfide) groups is 1. The van der Waals surface area contributed by atoms with Crippen molar-refractivity contribution in [3.05, 3.63) is 0 Å². The maximum absolute atomic E-state index is 10.3. The van der Waals surface area contributed by atoms with Crippen LogP contribution < -0.4 is 0 Å². The van der Waals surface area contributed by atoms with Crippen molar-refractivity contribution in [1.82, 2.24) is 0 Å². The molecule has 1 rings (SSSR count). The van der Waals surface area contributed by atoms with Crippen LogP contribution in [0.1, 0.15) is 19.3 Å². The number of carbonyl (C=O) groups is 1. The molecule has 1 saturated heterocycles. The van der Waals surface area contributed by atoms with E-state index in [1.807, 2.05) is 0 Å².